The molecule has 1 unspecified atom stereocenters. The highest BCUT2D eigenvalue weighted by Crippen LogP contribution is 2.11. The molecule has 1 atom stereocenters. The smallest absolute Gasteiger partial charge is 0.221 e. The van der Waals surface area contributed by atoms with E-state index in [-0.39, 0.29) is 18.3 Å². The van der Waals surface area contributed by atoms with Crippen molar-refractivity contribution in [1.82, 2.24) is 10.6 Å². The van der Waals surface area contributed by atoms with Gasteiger partial charge in [-0.3, -0.25) is 4.79 Å². The molecule has 0 saturated carbocycles. The van der Waals surface area contributed by atoms with Crippen molar-refractivity contribution in [2.75, 3.05) is 19.7 Å². The van der Waals surface area contributed by atoms with E-state index in [1.165, 1.54) is 12.0 Å². The van der Waals surface area contributed by atoms with E-state index in [0.29, 0.717) is 25.6 Å². The first-order valence-corrected chi connectivity index (χ1v) is 7.43. The number of amides is 1. The molecule has 1 saturated heterocycles. The Kier molecular flexibility index (Phi) is 8.16. The van der Waals surface area contributed by atoms with Gasteiger partial charge in [0.25, 0.3) is 0 Å². The second kappa shape index (κ2) is 9.64. The zero-order valence-corrected chi connectivity index (χ0v) is 13.4. The van der Waals surface area contributed by atoms with Crippen LogP contribution in [0.15, 0.2) is 24.3 Å². The number of aryl methyl sites for hydroxylation is 1. The largest absolute Gasteiger partial charge is 0.494 e. The SMILES string of the molecule is Cc1ccc(OCCCNC(=O)CC2CCCN2)cc1.Cl. The number of hydrogen-bond donors (Lipinski definition) is 2. The number of halogens is 1. The highest BCUT2D eigenvalue weighted by atomic mass is 35.5. The molecule has 21 heavy (non-hydrogen) atoms. The highest BCUT2D eigenvalue weighted by molar-refractivity contribution is 5.85. The lowest BCUT2D eigenvalue weighted by Gasteiger charge is -2.11. The first-order valence-electron chi connectivity index (χ1n) is 7.43. The molecule has 2 rings (SSSR count). The number of carbonyl (C=O) groups is 1. The first kappa shape index (κ1) is 17.8. The summed E-state index contributed by atoms with van der Waals surface area (Å²) in [4.78, 5) is 11.7. The van der Waals surface area contributed by atoms with E-state index in [1.807, 2.05) is 24.3 Å². The molecule has 0 bridgehead atoms. The Labute approximate surface area is 133 Å². The van der Waals surface area contributed by atoms with Crippen LogP contribution in [0.5, 0.6) is 5.75 Å². The van der Waals surface area contributed by atoms with Crippen molar-refractivity contribution in [2.45, 2.75) is 38.6 Å². The molecule has 1 aromatic rings. The highest BCUT2D eigenvalue weighted by Gasteiger charge is 2.16. The predicted octanol–water partition coefficient (Wildman–Crippen LogP) is 2.44. The summed E-state index contributed by atoms with van der Waals surface area (Å²) in [6, 6.07) is 8.38. The maximum Gasteiger partial charge on any atom is 0.221 e. The number of hydrogen-bond acceptors (Lipinski definition) is 3. The van der Waals surface area contributed by atoms with Gasteiger partial charge in [-0.05, 0) is 44.9 Å². The van der Waals surface area contributed by atoms with E-state index in [1.54, 1.807) is 0 Å². The minimum atomic E-state index is 0. The van der Waals surface area contributed by atoms with Crippen LogP contribution in [-0.4, -0.2) is 31.6 Å². The molecule has 1 aromatic carbocycles. The van der Waals surface area contributed by atoms with Gasteiger partial charge in [-0.15, -0.1) is 12.4 Å². The summed E-state index contributed by atoms with van der Waals surface area (Å²) in [5.41, 5.74) is 1.23. The molecule has 0 aromatic heterocycles. The van der Waals surface area contributed by atoms with Crippen LogP contribution in [0.3, 0.4) is 0 Å². The van der Waals surface area contributed by atoms with Crippen LogP contribution in [0.25, 0.3) is 0 Å². The predicted molar refractivity (Wildman–Crippen MR) is 87.2 cm³/mol. The number of carbonyl (C=O) groups excluding carboxylic acids is 1. The molecule has 1 aliphatic heterocycles. The van der Waals surface area contributed by atoms with Gasteiger partial charge in [0.15, 0.2) is 0 Å². The van der Waals surface area contributed by atoms with Crippen molar-refractivity contribution in [1.29, 1.82) is 0 Å². The van der Waals surface area contributed by atoms with Crippen molar-refractivity contribution < 1.29 is 9.53 Å². The Bertz CT molecular complexity index is 417. The molecular weight excluding hydrogens is 288 g/mol. The minimum absolute atomic E-state index is 0. The molecule has 118 valence electrons. The average molecular weight is 313 g/mol. The van der Waals surface area contributed by atoms with Crippen LogP contribution in [-0.2, 0) is 4.79 Å². The molecule has 2 N–H and O–H groups in total. The fraction of sp³-hybridized carbons (Fsp3) is 0.562. The summed E-state index contributed by atoms with van der Waals surface area (Å²) >= 11 is 0. The molecular formula is C16H25ClN2O2. The second-order valence-corrected chi connectivity index (χ2v) is 5.36. The second-order valence-electron chi connectivity index (χ2n) is 5.36. The lowest BCUT2D eigenvalue weighted by Crippen LogP contribution is -2.32. The standard InChI is InChI=1S/C16H24N2O2.ClH/c1-13-5-7-15(8-6-13)20-11-3-10-18-16(19)12-14-4-2-9-17-14;/h5-8,14,17H,2-4,9-12H2,1H3,(H,18,19);1H. The number of ether oxygens (including phenoxy) is 1. The summed E-state index contributed by atoms with van der Waals surface area (Å²) < 4.78 is 5.61. The van der Waals surface area contributed by atoms with Crippen LogP contribution in [0.2, 0.25) is 0 Å². The third-order valence-corrected chi connectivity index (χ3v) is 3.53. The molecule has 5 heteroatoms. The van der Waals surface area contributed by atoms with Crippen molar-refractivity contribution >= 4 is 18.3 Å². The van der Waals surface area contributed by atoms with E-state index in [0.717, 1.165) is 25.1 Å². The lowest BCUT2D eigenvalue weighted by atomic mass is 10.1. The van der Waals surface area contributed by atoms with Gasteiger partial charge in [-0.25, -0.2) is 0 Å². The van der Waals surface area contributed by atoms with Crippen molar-refractivity contribution in [3.05, 3.63) is 29.8 Å². The van der Waals surface area contributed by atoms with E-state index < -0.39 is 0 Å². The fourth-order valence-corrected chi connectivity index (χ4v) is 2.35. The summed E-state index contributed by atoms with van der Waals surface area (Å²) in [6.45, 7) is 4.41. The maximum absolute atomic E-state index is 11.7. The molecule has 1 heterocycles. The quantitative estimate of drug-likeness (QED) is 0.760. The lowest BCUT2D eigenvalue weighted by molar-refractivity contribution is -0.121. The Morgan fingerprint density at radius 1 is 1.38 bits per heavy atom. The number of rotatable bonds is 7. The van der Waals surface area contributed by atoms with E-state index in [9.17, 15) is 4.79 Å². The van der Waals surface area contributed by atoms with Gasteiger partial charge in [0.1, 0.15) is 5.75 Å². The topological polar surface area (TPSA) is 50.4 Å². The molecule has 4 nitrogen and oxygen atoms in total. The Morgan fingerprint density at radius 2 is 2.14 bits per heavy atom. The van der Waals surface area contributed by atoms with Gasteiger partial charge >= 0.3 is 0 Å². The number of nitrogens with one attached hydrogen (secondary N) is 2. The van der Waals surface area contributed by atoms with Gasteiger partial charge in [-0.1, -0.05) is 17.7 Å². The summed E-state index contributed by atoms with van der Waals surface area (Å²) in [5, 5.41) is 6.28. The van der Waals surface area contributed by atoms with Gasteiger partial charge in [0.05, 0.1) is 6.61 Å². The summed E-state index contributed by atoms with van der Waals surface area (Å²) in [5.74, 6) is 1.02. The minimum Gasteiger partial charge on any atom is -0.494 e. The average Bonchev–Trinajstić information content (AvgIpc) is 2.93. The van der Waals surface area contributed by atoms with E-state index in [4.69, 9.17) is 4.74 Å². The van der Waals surface area contributed by atoms with Crippen LogP contribution in [0, 0.1) is 6.92 Å². The zero-order valence-electron chi connectivity index (χ0n) is 12.6. The third kappa shape index (κ3) is 6.82. The van der Waals surface area contributed by atoms with Crippen LogP contribution >= 0.6 is 12.4 Å². The first-order chi connectivity index (χ1) is 9.74. The van der Waals surface area contributed by atoms with Crippen LogP contribution in [0.4, 0.5) is 0 Å². The van der Waals surface area contributed by atoms with Gasteiger partial charge < -0.3 is 15.4 Å². The molecule has 0 radical (unpaired) electrons. The summed E-state index contributed by atoms with van der Waals surface area (Å²) in [7, 11) is 0. The molecule has 0 spiro atoms. The monoisotopic (exact) mass is 312 g/mol. The van der Waals surface area contributed by atoms with Crippen LogP contribution in [0.1, 0.15) is 31.2 Å². The Hall–Kier alpha value is -1.26. The van der Waals surface area contributed by atoms with Gasteiger partial charge in [0, 0.05) is 19.0 Å². The van der Waals surface area contributed by atoms with E-state index >= 15 is 0 Å². The van der Waals surface area contributed by atoms with Crippen molar-refractivity contribution in [2.24, 2.45) is 0 Å². The third-order valence-electron chi connectivity index (χ3n) is 3.53. The maximum atomic E-state index is 11.7. The van der Waals surface area contributed by atoms with E-state index in [2.05, 4.69) is 17.6 Å². The summed E-state index contributed by atoms with van der Waals surface area (Å²) in [6.07, 6.45) is 3.73. The molecule has 1 aliphatic rings. The fourth-order valence-electron chi connectivity index (χ4n) is 2.35. The van der Waals surface area contributed by atoms with Crippen LogP contribution < -0.4 is 15.4 Å². The molecule has 1 amide bonds. The van der Waals surface area contributed by atoms with Crippen molar-refractivity contribution in [3.63, 3.8) is 0 Å². The Morgan fingerprint density at radius 3 is 2.81 bits per heavy atom. The van der Waals surface area contributed by atoms with Gasteiger partial charge in [0.2, 0.25) is 5.91 Å². The Balaban J connectivity index is 0.00000220. The molecule has 0 aliphatic carbocycles. The normalized spacial score (nSPS) is 17.1. The number of benzene rings is 1. The molecule has 1 fully saturated rings. The van der Waals surface area contributed by atoms with Gasteiger partial charge in [-0.2, -0.15) is 0 Å². The van der Waals surface area contributed by atoms with Crippen molar-refractivity contribution in [3.8, 4) is 5.75 Å². The zero-order chi connectivity index (χ0) is 14.2.